The zero-order valence-electron chi connectivity index (χ0n) is 6.99. The van der Waals surface area contributed by atoms with Gasteiger partial charge in [0, 0.05) is 18.1 Å². The van der Waals surface area contributed by atoms with Crippen molar-refractivity contribution >= 4 is 0 Å². The van der Waals surface area contributed by atoms with E-state index in [0.717, 1.165) is 26.1 Å². The Morgan fingerprint density at radius 2 is 1.82 bits per heavy atom. The van der Waals surface area contributed by atoms with Gasteiger partial charge < -0.3 is 10.5 Å². The van der Waals surface area contributed by atoms with Crippen LogP contribution in [0.25, 0.3) is 0 Å². The molecular weight excluding hydrogens is 140 g/mol. The van der Waals surface area contributed by atoms with Crippen LogP contribution < -0.4 is 5.73 Å². The van der Waals surface area contributed by atoms with Crippen LogP contribution in [0.1, 0.15) is 12.8 Å². The summed E-state index contributed by atoms with van der Waals surface area (Å²) < 4.78 is 5.46. The second-order valence-electron chi connectivity index (χ2n) is 3.74. The molecule has 3 atom stereocenters. The van der Waals surface area contributed by atoms with E-state index in [9.17, 15) is 0 Å². The second-order valence-corrected chi connectivity index (χ2v) is 3.74. The molecule has 0 aromatic carbocycles. The summed E-state index contributed by atoms with van der Waals surface area (Å²) in [5.74, 6) is 0. The number of fused-ring (bicyclic) bond motifs is 2. The third-order valence-corrected chi connectivity index (χ3v) is 2.92. The van der Waals surface area contributed by atoms with Crippen molar-refractivity contribution in [3.8, 4) is 0 Å². The van der Waals surface area contributed by atoms with Crippen LogP contribution in [0.4, 0.5) is 0 Å². The van der Waals surface area contributed by atoms with Gasteiger partial charge in [-0.2, -0.15) is 0 Å². The highest BCUT2D eigenvalue weighted by atomic mass is 16.5. The van der Waals surface area contributed by atoms with Crippen molar-refractivity contribution in [1.29, 1.82) is 0 Å². The molecule has 2 aliphatic heterocycles. The van der Waals surface area contributed by atoms with Gasteiger partial charge >= 0.3 is 0 Å². The van der Waals surface area contributed by atoms with E-state index in [2.05, 4.69) is 11.9 Å². The highest BCUT2D eigenvalue weighted by Crippen LogP contribution is 2.24. The van der Waals surface area contributed by atoms with Gasteiger partial charge in [0.1, 0.15) is 0 Å². The molecule has 0 saturated carbocycles. The van der Waals surface area contributed by atoms with Crippen LogP contribution in [0.5, 0.6) is 0 Å². The quantitative estimate of drug-likeness (QED) is 0.528. The third kappa shape index (κ3) is 1.28. The van der Waals surface area contributed by atoms with E-state index in [0.29, 0.717) is 18.1 Å². The van der Waals surface area contributed by atoms with Gasteiger partial charge in [-0.25, -0.2) is 0 Å². The van der Waals surface area contributed by atoms with Crippen molar-refractivity contribution in [3.63, 3.8) is 0 Å². The van der Waals surface area contributed by atoms with Crippen molar-refractivity contribution in [1.82, 2.24) is 4.90 Å². The number of hydrogen-bond donors (Lipinski definition) is 1. The van der Waals surface area contributed by atoms with Crippen LogP contribution in [0.2, 0.25) is 0 Å². The van der Waals surface area contributed by atoms with E-state index in [4.69, 9.17) is 10.5 Å². The highest BCUT2D eigenvalue weighted by molar-refractivity contribution is 4.91. The Morgan fingerprint density at radius 1 is 1.27 bits per heavy atom. The van der Waals surface area contributed by atoms with E-state index in [1.54, 1.807) is 0 Å². The molecule has 3 heteroatoms. The molecule has 0 aliphatic carbocycles. The van der Waals surface area contributed by atoms with Crippen molar-refractivity contribution in [2.24, 2.45) is 5.73 Å². The number of nitrogens with zero attached hydrogens (tertiary/aromatic N) is 1. The Bertz CT molecular complexity index is 137. The smallest absolute Gasteiger partial charge is 0.0623 e. The summed E-state index contributed by atoms with van der Waals surface area (Å²) in [6, 6.07) is 1.57. The van der Waals surface area contributed by atoms with E-state index < -0.39 is 0 Å². The summed E-state index contributed by atoms with van der Waals surface area (Å²) >= 11 is 0. The first kappa shape index (κ1) is 7.53. The number of likely N-dealkylation sites (N-methyl/N-ethyl adjacent to an activating group) is 1. The first-order chi connectivity index (χ1) is 5.27. The van der Waals surface area contributed by atoms with Gasteiger partial charge in [0.05, 0.1) is 13.2 Å². The summed E-state index contributed by atoms with van der Waals surface area (Å²) in [6.45, 7) is 1.75. The number of rotatable bonds is 0. The maximum Gasteiger partial charge on any atom is 0.0623 e. The molecule has 2 N–H and O–H groups in total. The monoisotopic (exact) mass is 156 g/mol. The fraction of sp³-hybridized carbons (Fsp3) is 1.00. The van der Waals surface area contributed by atoms with Crippen molar-refractivity contribution in [2.75, 3.05) is 20.3 Å². The van der Waals surface area contributed by atoms with Crippen LogP contribution in [0, 0.1) is 0 Å². The Morgan fingerprint density at radius 3 is 2.36 bits per heavy atom. The molecule has 0 radical (unpaired) electrons. The molecule has 1 unspecified atom stereocenters. The lowest BCUT2D eigenvalue weighted by Crippen LogP contribution is -2.57. The molecule has 0 amide bonds. The number of nitrogens with two attached hydrogens (primary N) is 1. The van der Waals surface area contributed by atoms with Crippen LogP contribution in [-0.2, 0) is 4.74 Å². The van der Waals surface area contributed by atoms with Crippen molar-refractivity contribution in [3.05, 3.63) is 0 Å². The van der Waals surface area contributed by atoms with Crippen molar-refractivity contribution in [2.45, 2.75) is 31.0 Å². The van der Waals surface area contributed by atoms with Gasteiger partial charge in [-0.1, -0.05) is 0 Å². The summed E-state index contributed by atoms with van der Waals surface area (Å²) in [7, 11) is 2.18. The Kier molecular flexibility index (Phi) is 1.87. The average molecular weight is 156 g/mol. The van der Waals surface area contributed by atoms with Crippen LogP contribution in [-0.4, -0.2) is 43.3 Å². The second kappa shape index (κ2) is 2.73. The highest BCUT2D eigenvalue weighted by Gasteiger charge is 2.34. The molecular formula is C8H16N2O. The molecule has 0 aromatic rings. The van der Waals surface area contributed by atoms with Crippen LogP contribution in [0.3, 0.4) is 0 Å². The zero-order chi connectivity index (χ0) is 7.84. The summed E-state index contributed by atoms with van der Waals surface area (Å²) in [4.78, 5) is 2.42. The topological polar surface area (TPSA) is 38.5 Å². The SMILES string of the molecule is CN1[C@@H]2COC[C@H]1CC(N)C2. The van der Waals surface area contributed by atoms with Gasteiger partial charge in [0.15, 0.2) is 0 Å². The fourth-order valence-corrected chi connectivity index (χ4v) is 2.14. The van der Waals surface area contributed by atoms with Gasteiger partial charge in [-0.05, 0) is 19.9 Å². The van der Waals surface area contributed by atoms with Crippen molar-refractivity contribution < 1.29 is 4.74 Å². The largest absolute Gasteiger partial charge is 0.378 e. The molecule has 64 valence electrons. The normalized spacial score (nSPS) is 45.8. The summed E-state index contributed by atoms with van der Waals surface area (Å²) in [5, 5.41) is 0. The molecule has 11 heavy (non-hydrogen) atoms. The predicted octanol–water partition coefficient (Wildman–Crippen LogP) is -0.193. The first-order valence-electron chi connectivity index (χ1n) is 4.32. The molecule has 2 aliphatic rings. The Hall–Kier alpha value is -0.120. The Balaban J connectivity index is 2.07. The maximum absolute atomic E-state index is 5.90. The number of piperidine rings is 1. The van der Waals surface area contributed by atoms with E-state index >= 15 is 0 Å². The minimum Gasteiger partial charge on any atom is -0.378 e. The van der Waals surface area contributed by atoms with Gasteiger partial charge in [-0.3, -0.25) is 4.90 Å². The van der Waals surface area contributed by atoms with Crippen LogP contribution >= 0.6 is 0 Å². The average Bonchev–Trinajstić information content (AvgIpc) is 1.92. The lowest BCUT2D eigenvalue weighted by molar-refractivity contribution is -0.0644. The number of ether oxygens (including phenoxy) is 1. The molecule has 2 bridgehead atoms. The minimum atomic E-state index is 0.407. The number of morpholine rings is 1. The lowest BCUT2D eigenvalue weighted by Gasteiger charge is -2.45. The summed E-state index contributed by atoms with van der Waals surface area (Å²) in [6.07, 6.45) is 2.21. The third-order valence-electron chi connectivity index (χ3n) is 2.92. The summed E-state index contributed by atoms with van der Waals surface area (Å²) in [5.41, 5.74) is 5.90. The lowest BCUT2D eigenvalue weighted by atomic mass is 9.91. The van der Waals surface area contributed by atoms with Gasteiger partial charge in [0.2, 0.25) is 0 Å². The van der Waals surface area contributed by atoms with E-state index in [-0.39, 0.29) is 0 Å². The minimum absolute atomic E-state index is 0.407. The van der Waals surface area contributed by atoms with Crippen LogP contribution in [0.15, 0.2) is 0 Å². The predicted molar refractivity (Wildman–Crippen MR) is 43.4 cm³/mol. The molecule has 2 fully saturated rings. The van der Waals surface area contributed by atoms with Gasteiger partial charge in [-0.15, -0.1) is 0 Å². The maximum atomic E-state index is 5.90. The number of hydrogen-bond acceptors (Lipinski definition) is 3. The Labute approximate surface area is 67.5 Å². The molecule has 2 saturated heterocycles. The molecule has 3 nitrogen and oxygen atoms in total. The molecule has 0 spiro atoms. The standard InChI is InChI=1S/C8H16N2O/c1-10-7-2-6(9)3-8(10)5-11-4-7/h6-8H,2-5,9H2,1H3/t6?,7-,8+. The first-order valence-corrected chi connectivity index (χ1v) is 4.32. The fourth-order valence-electron chi connectivity index (χ4n) is 2.14. The molecule has 2 heterocycles. The van der Waals surface area contributed by atoms with E-state index in [1.165, 1.54) is 0 Å². The molecule has 2 rings (SSSR count). The molecule has 0 aromatic heterocycles. The van der Waals surface area contributed by atoms with Gasteiger partial charge in [0.25, 0.3) is 0 Å². The van der Waals surface area contributed by atoms with E-state index in [1.807, 2.05) is 0 Å². The zero-order valence-corrected chi connectivity index (χ0v) is 6.99.